The molecule has 0 aliphatic rings. The molecule has 0 unspecified atom stereocenters. The normalized spacial score (nSPS) is 11.4. The highest BCUT2D eigenvalue weighted by atomic mass is 35.5. The number of hydrogen-bond donors (Lipinski definition) is 1. The van der Waals surface area contributed by atoms with Gasteiger partial charge in [-0.05, 0) is 49.7 Å². The summed E-state index contributed by atoms with van der Waals surface area (Å²) >= 11 is 6.11. The Balaban J connectivity index is 2.41. The van der Waals surface area contributed by atoms with Crippen LogP contribution in [0.5, 0.6) is 0 Å². The molecule has 3 nitrogen and oxygen atoms in total. The second-order valence-corrected chi connectivity index (χ2v) is 5.66. The van der Waals surface area contributed by atoms with E-state index < -0.39 is 0 Å². The fraction of sp³-hybridized carbons (Fsp3) is 0.278. The summed E-state index contributed by atoms with van der Waals surface area (Å²) in [5.74, 6) is -0.268. The minimum absolute atomic E-state index is 0.268. The van der Waals surface area contributed by atoms with Crippen LogP contribution >= 0.6 is 11.6 Å². The van der Waals surface area contributed by atoms with Crippen molar-refractivity contribution in [2.45, 2.75) is 20.3 Å². The van der Waals surface area contributed by atoms with Gasteiger partial charge in [-0.25, -0.2) is 4.39 Å². The van der Waals surface area contributed by atoms with Gasteiger partial charge in [0.1, 0.15) is 5.82 Å². The standard InChI is InChI=1S/C18H21ClFN3/c1-4-10-23(16-7-5-6-15(20)12-16)22-13(2)17-11-14(19)8-9-18(17)21-3/h5-9,11-12,21H,4,10H2,1-3H3/b22-13+. The number of halogens is 2. The van der Waals surface area contributed by atoms with Gasteiger partial charge in [-0.3, -0.25) is 5.01 Å². The van der Waals surface area contributed by atoms with Crippen LogP contribution in [-0.4, -0.2) is 19.3 Å². The topological polar surface area (TPSA) is 27.6 Å². The summed E-state index contributed by atoms with van der Waals surface area (Å²) in [6, 6.07) is 12.1. The third-order valence-electron chi connectivity index (χ3n) is 3.45. The van der Waals surface area contributed by atoms with Crippen LogP contribution in [0, 0.1) is 5.82 Å². The molecule has 0 spiro atoms. The Kier molecular flexibility index (Phi) is 5.99. The zero-order valence-electron chi connectivity index (χ0n) is 13.6. The van der Waals surface area contributed by atoms with Gasteiger partial charge in [-0.2, -0.15) is 5.10 Å². The van der Waals surface area contributed by atoms with Gasteiger partial charge in [0.15, 0.2) is 0 Å². The van der Waals surface area contributed by atoms with E-state index in [1.165, 1.54) is 12.1 Å². The molecule has 122 valence electrons. The molecule has 0 aliphatic carbocycles. The van der Waals surface area contributed by atoms with Crippen LogP contribution in [0.1, 0.15) is 25.8 Å². The van der Waals surface area contributed by atoms with Crippen LogP contribution in [0.15, 0.2) is 47.6 Å². The van der Waals surface area contributed by atoms with Crippen molar-refractivity contribution in [1.29, 1.82) is 0 Å². The molecule has 0 aromatic heterocycles. The lowest BCUT2D eigenvalue weighted by molar-refractivity contribution is 0.626. The van der Waals surface area contributed by atoms with Gasteiger partial charge in [0, 0.05) is 29.9 Å². The van der Waals surface area contributed by atoms with E-state index in [1.54, 1.807) is 6.07 Å². The molecule has 0 aliphatic heterocycles. The van der Waals surface area contributed by atoms with Crippen LogP contribution in [0.4, 0.5) is 15.8 Å². The molecule has 0 saturated heterocycles. The Morgan fingerprint density at radius 3 is 2.70 bits per heavy atom. The first-order valence-electron chi connectivity index (χ1n) is 7.61. The van der Waals surface area contributed by atoms with E-state index in [0.29, 0.717) is 11.6 Å². The number of hydrogen-bond acceptors (Lipinski definition) is 3. The van der Waals surface area contributed by atoms with Gasteiger partial charge >= 0.3 is 0 Å². The fourth-order valence-corrected chi connectivity index (χ4v) is 2.53. The molecule has 5 heteroatoms. The second-order valence-electron chi connectivity index (χ2n) is 5.23. The summed E-state index contributed by atoms with van der Waals surface area (Å²) in [5.41, 5.74) is 3.43. The Hall–Kier alpha value is -2.07. The second kappa shape index (κ2) is 7.97. The maximum Gasteiger partial charge on any atom is 0.125 e. The van der Waals surface area contributed by atoms with E-state index in [1.807, 2.05) is 43.2 Å². The first kappa shape index (κ1) is 17.3. The molecular weight excluding hydrogens is 313 g/mol. The molecule has 0 saturated carbocycles. The third-order valence-corrected chi connectivity index (χ3v) is 3.69. The Morgan fingerprint density at radius 2 is 2.04 bits per heavy atom. The molecule has 1 N–H and O–H groups in total. The quantitative estimate of drug-likeness (QED) is 0.584. The molecule has 0 bridgehead atoms. The lowest BCUT2D eigenvalue weighted by atomic mass is 10.1. The van der Waals surface area contributed by atoms with Crippen molar-refractivity contribution in [3.63, 3.8) is 0 Å². The highest BCUT2D eigenvalue weighted by Crippen LogP contribution is 2.23. The maximum absolute atomic E-state index is 13.5. The predicted molar refractivity (Wildman–Crippen MR) is 97.2 cm³/mol. The molecule has 0 atom stereocenters. The zero-order valence-corrected chi connectivity index (χ0v) is 14.4. The predicted octanol–water partition coefficient (Wildman–Crippen LogP) is 5.16. The first-order valence-corrected chi connectivity index (χ1v) is 7.99. The SMILES string of the molecule is CCCN(/N=C(\C)c1cc(Cl)ccc1NC)c1cccc(F)c1. The molecule has 0 heterocycles. The van der Waals surface area contributed by atoms with Gasteiger partial charge < -0.3 is 5.32 Å². The molecule has 2 aromatic carbocycles. The largest absolute Gasteiger partial charge is 0.388 e. The Morgan fingerprint density at radius 1 is 1.26 bits per heavy atom. The Labute approximate surface area is 141 Å². The van der Waals surface area contributed by atoms with E-state index in [9.17, 15) is 4.39 Å². The number of anilines is 2. The summed E-state index contributed by atoms with van der Waals surface area (Å²) in [4.78, 5) is 0. The van der Waals surface area contributed by atoms with E-state index >= 15 is 0 Å². The van der Waals surface area contributed by atoms with Gasteiger partial charge in [0.2, 0.25) is 0 Å². The van der Waals surface area contributed by atoms with E-state index in [0.717, 1.165) is 29.1 Å². The third kappa shape index (κ3) is 4.45. The van der Waals surface area contributed by atoms with Crippen LogP contribution in [0.3, 0.4) is 0 Å². The summed E-state index contributed by atoms with van der Waals surface area (Å²) in [6.45, 7) is 4.69. The van der Waals surface area contributed by atoms with Crippen LogP contribution in [-0.2, 0) is 0 Å². The van der Waals surface area contributed by atoms with Crippen molar-refractivity contribution in [2.24, 2.45) is 5.10 Å². The van der Waals surface area contributed by atoms with Crippen molar-refractivity contribution in [3.8, 4) is 0 Å². The lowest BCUT2D eigenvalue weighted by Gasteiger charge is -2.20. The zero-order chi connectivity index (χ0) is 16.8. The molecule has 2 aromatic rings. The number of benzene rings is 2. The van der Waals surface area contributed by atoms with Crippen LogP contribution < -0.4 is 10.3 Å². The molecule has 23 heavy (non-hydrogen) atoms. The van der Waals surface area contributed by atoms with E-state index in [2.05, 4.69) is 17.3 Å². The van der Waals surface area contributed by atoms with Crippen molar-refractivity contribution in [2.75, 3.05) is 23.9 Å². The minimum atomic E-state index is -0.268. The fourth-order valence-electron chi connectivity index (χ4n) is 2.35. The molecule has 0 radical (unpaired) electrons. The molecule has 0 amide bonds. The maximum atomic E-state index is 13.5. The Bertz CT molecular complexity index is 700. The van der Waals surface area contributed by atoms with Crippen LogP contribution in [0.2, 0.25) is 5.02 Å². The van der Waals surface area contributed by atoms with Crippen molar-refractivity contribution in [1.82, 2.24) is 0 Å². The average molecular weight is 334 g/mol. The summed E-state index contributed by atoms with van der Waals surface area (Å²) in [5, 5.41) is 10.3. The van der Waals surface area contributed by atoms with E-state index in [4.69, 9.17) is 11.6 Å². The molecule has 0 fully saturated rings. The number of hydrazone groups is 1. The lowest BCUT2D eigenvalue weighted by Crippen LogP contribution is -2.20. The molecule has 2 rings (SSSR count). The highest BCUT2D eigenvalue weighted by Gasteiger charge is 2.10. The van der Waals surface area contributed by atoms with Gasteiger partial charge in [0.25, 0.3) is 0 Å². The summed E-state index contributed by atoms with van der Waals surface area (Å²) < 4.78 is 13.5. The van der Waals surface area contributed by atoms with Crippen molar-refractivity contribution < 1.29 is 4.39 Å². The van der Waals surface area contributed by atoms with Gasteiger partial charge in [-0.1, -0.05) is 24.6 Å². The number of nitrogens with zero attached hydrogens (tertiary/aromatic N) is 2. The number of nitrogens with one attached hydrogen (secondary N) is 1. The van der Waals surface area contributed by atoms with Gasteiger partial charge in [0.05, 0.1) is 11.4 Å². The highest BCUT2D eigenvalue weighted by molar-refractivity contribution is 6.31. The van der Waals surface area contributed by atoms with Crippen LogP contribution in [0.25, 0.3) is 0 Å². The first-order chi connectivity index (χ1) is 11.0. The van der Waals surface area contributed by atoms with E-state index in [-0.39, 0.29) is 5.82 Å². The summed E-state index contributed by atoms with van der Waals surface area (Å²) in [6.07, 6.45) is 0.904. The number of rotatable bonds is 6. The van der Waals surface area contributed by atoms with Gasteiger partial charge in [-0.15, -0.1) is 0 Å². The average Bonchev–Trinajstić information content (AvgIpc) is 2.54. The molecular formula is C18H21ClFN3. The monoisotopic (exact) mass is 333 g/mol. The van der Waals surface area contributed by atoms with Crippen molar-refractivity contribution >= 4 is 28.7 Å². The minimum Gasteiger partial charge on any atom is -0.388 e. The van der Waals surface area contributed by atoms with Crippen molar-refractivity contribution in [3.05, 3.63) is 58.9 Å². The smallest absolute Gasteiger partial charge is 0.125 e. The summed E-state index contributed by atoms with van der Waals surface area (Å²) in [7, 11) is 1.86.